The van der Waals surface area contributed by atoms with E-state index in [-0.39, 0.29) is 0 Å². The monoisotopic (exact) mass is 261 g/mol. The first-order chi connectivity index (χ1) is 9.25. The molecule has 0 aromatic heterocycles. The molecule has 1 aliphatic heterocycles. The van der Waals surface area contributed by atoms with Crippen LogP contribution in [0.25, 0.3) is 0 Å². The number of unbranched alkanes of at least 4 members (excludes halogenated alkanes) is 1. The Labute approximate surface area is 117 Å². The van der Waals surface area contributed by atoms with E-state index in [1.54, 1.807) is 0 Å². The summed E-state index contributed by atoms with van der Waals surface area (Å²) in [5.41, 5.74) is 2.84. The molecule has 0 bridgehead atoms. The van der Waals surface area contributed by atoms with Gasteiger partial charge in [-0.15, -0.1) is 0 Å². The molecule has 0 aliphatic carbocycles. The third-order valence-electron chi connectivity index (χ3n) is 3.74. The summed E-state index contributed by atoms with van der Waals surface area (Å²) >= 11 is 0. The normalized spacial score (nSPS) is 16.1. The Morgan fingerprint density at radius 1 is 1.05 bits per heavy atom. The predicted molar refractivity (Wildman–Crippen MR) is 83.0 cm³/mol. The minimum Gasteiger partial charge on any atom is -0.369 e. The number of hydrogen-bond acceptors (Lipinski definition) is 3. The number of aryl methyl sites for hydroxylation is 1. The average molecular weight is 261 g/mol. The summed E-state index contributed by atoms with van der Waals surface area (Å²) in [6, 6.07) is 9.17. The number of anilines is 1. The van der Waals surface area contributed by atoms with Crippen molar-refractivity contribution in [2.75, 3.05) is 51.7 Å². The van der Waals surface area contributed by atoms with Gasteiger partial charge in [0.15, 0.2) is 0 Å². The van der Waals surface area contributed by atoms with Crippen molar-refractivity contribution in [1.82, 2.24) is 10.2 Å². The molecule has 1 heterocycles. The first-order valence-electron chi connectivity index (χ1n) is 7.45. The third-order valence-corrected chi connectivity index (χ3v) is 3.74. The molecule has 0 radical (unpaired) electrons. The van der Waals surface area contributed by atoms with Gasteiger partial charge in [0.1, 0.15) is 0 Å². The maximum Gasteiger partial charge on any atom is 0.0367 e. The van der Waals surface area contributed by atoms with Gasteiger partial charge in [-0.3, -0.25) is 0 Å². The van der Waals surface area contributed by atoms with Gasteiger partial charge >= 0.3 is 0 Å². The maximum atomic E-state index is 3.39. The summed E-state index contributed by atoms with van der Waals surface area (Å²) in [7, 11) is 4.28. The van der Waals surface area contributed by atoms with Gasteiger partial charge in [-0.25, -0.2) is 0 Å². The molecule has 3 heteroatoms. The van der Waals surface area contributed by atoms with Crippen molar-refractivity contribution in [3.63, 3.8) is 0 Å². The van der Waals surface area contributed by atoms with Crippen molar-refractivity contribution in [3.8, 4) is 0 Å². The molecule has 1 aliphatic rings. The van der Waals surface area contributed by atoms with Crippen LogP contribution in [0.3, 0.4) is 0 Å². The van der Waals surface area contributed by atoms with Crippen LogP contribution in [-0.4, -0.2) is 51.7 Å². The fraction of sp³-hybridized carbons (Fsp3) is 0.625. The Balaban J connectivity index is 1.77. The van der Waals surface area contributed by atoms with Gasteiger partial charge in [-0.2, -0.15) is 0 Å². The highest BCUT2D eigenvalue weighted by Gasteiger charge is 2.09. The van der Waals surface area contributed by atoms with Crippen molar-refractivity contribution < 1.29 is 0 Å². The molecule has 1 fully saturated rings. The maximum absolute atomic E-state index is 3.39. The molecule has 1 N–H and O–H groups in total. The van der Waals surface area contributed by atoms with E-state index in [4.69, 9.17) is 0 Å². The van der Waals surface area contributed by atoms with E-state index >= 15 is 0 Å². The van der Waals surface area contributed by atoms with E-state index in [9.17, 15) is 0 Å². The zero-order valence-electron chi connectivity index (χ0n) is 12.4. The van der Waals surface area contributed by atoms with Gasteiger partial charge in [0.25, 0.3) is 0 Å². The summed E-state index contributed by atoms with van der Waals surface area (Å²) < 4.78 is 0. The number of benzene rings is 1. The topological polar surface area (TPSA) is 18.5 Å². The lowest BCUT2D eigenvalue weighted by Crippen LogP contribution is -2.43. The minimum absolute atomic E-state index is 1.10. The minimum atomic E-state index is 1.10. The molecule has 1 aromatic carbocycles. The average Bonchev–Trinajstić information content (AvgIpc) is 2.45. The smallest absolute Gasteiger partial charge is 0.0367 e. The molecule has 3 nitrogen and oxygen atoms in total. The molecule has 0 unspecified atom stereocenters. The Kier molecular flexibility index (Phi) is 5.67. The number of rotatable bonds is 6. The van der Waals surface area contributed by atoms with E-state index in [1.165, 1.54) is 37.1 Å². The van der Waals surface area contributed by atoms with E-state index in [0.29, 0.717) is 0 Å². The van der Waals surface area contributed by atoms with Crippen molar-refractivity contribution in [3.05, 3.63) is 29.8 Å². The molecule has 0 spiro atoms. The molecule has 0 amide bonds. The highest BCUT2D eigenvalue weighted by atomic mass is 15.2. The summed E-state index contributed by atoms with van der Waals surface area (Å²) in [6.07, 6.45) is 3.77. The number of nitrogens with one attached hydrogen (secondary N) is 1. The molecule has 1 saturated heterocycles. The van der Waals surface area contributed by atoms with E-state index in [1.807, 2.05) is 0 Å². The van der Waals surface area contributed by atoms with Crippen LogP contribution in [0, 0.1) is 0 Å². The molecular weight excluding hydrogens is 234 g/mol. The zero-order valence-corrected chi connectivity index (χ0v) is 12.4. The second-order valence-corrected chi connectivity index (χ2v) is 5.66. The molecule has 0 saturated carbocycles. The number of hydrogen-bond donors (Lipinski definition) is 1. The first kappa shape index (κ1) is 14.4. The Bertz CT molecular complexity index is 353. The SMILES string of the molecule is CN(C)CCCCc1ccc(N2CCNCC2)cc1. The summed E-state index contributed by atoms with van der Waals surface area (Å²) in [5.74, 6) is 0. The van der Waals surface area contributed by atoms with Crippen molar-refractivity contribution in [2.45, 2.75) is 19.3 Å². The fourth-order valence-corrected chi connectivity index (χ4v) is 2.55. The second kappa shape index (κ2) is 7.51. The van der Waals surface area contributed by atoms with Gasteiger partial charge in [0.2, 0.25) is 0 Å². The Hall–Kier alpha value is -1.06. The lowest BCUT2D eigenvalue weighted by atomic mass is 10.1. The molecule has 2 rings (SSSR count). The highest BCUT2D eigenvalue weighted by Crippen LogP contribution is 2.16. The van der Waals surface area contributed by atoms with Gasteiger partial charge in [0.05, 0.1) is 0 Å². The molecule has 1 aromatic rings. The Morgan fingerprint density at radius 2 is 1.74 bits per heavy atom. The van der Waals surface area contributed by atoms with Crippen LogP contribution in [0.15, 0.2) is 24.3 Å². The van der Waals surface area contributed by atoms with Gasteiger partial charge < -0.3 is 15.1 Å². The molecule has 19 heavy (non-hydrogen) atoms. The molecule has 106 valence electrons. The van der Waals surface area contributed by atoms with Gasteiger partial charge in [-0.05, 0) is 57.6 Å². The van der Waals surface area contributed by atoms with E-state index in [2.05, 4.69) is 53.5 Å². The van der Waals surface area contributed by atoms with E-state index in [0.717, 1.165) is 26.2 Å². The fourth-order valence-electron chi connectivity index (χ4n) is 2.55. The van der Waals surface area contributed by atoms with Crippen LogP contribution in [0.1, 0.15) is 18.4 Å². The van der Waals surface area contributed by atoms with Crippen molar-refractivity contribution in [1.29, 1.82) is 0 Å². The van der Waals surface area contributed by atoms with Crippen LogP contribution in [0.2, 0.25) is 0 Å². The lowest BCUT2D eigenvalue weighted by Gasteiger charge is -2.29. The van der Waals surface area contributed by atoms with Crippen LogP contribution in [-0.2, 0) is 6.42 Å². The standard InChI is InChI=1S/C16H27N3/c1-18(2)12-4-3-5-15-6-8-16(9-7-15)19-13-10-17-11-14-19/h6-9,17H,3-5,10-14H2,1-2H3. The number of piperazine rings is 1. The Morgan fingerprint density at radius 3 is 2.37 bits per heavy atom. The van der Waals surface area contributed by atoms with E-state index < -0.39 is 0 Å². The zero-order chi connectivity index (χ0) is 13.5. The first-order valence-corrected chi connectivity index (χ1v) is 7.45. The predicted octanol–water partition coefficient (Wildman–Crippen LogP) is 1.98. The molecule has 0 atom stereocenters. The highest BCUT2D eigenvalue weighted by molar-refractivity contribution is 5.48. The largest absolute Gasteiger partial charge is 0.369 e. The second-order valence-electron chi connectivity index (χ2n) is 5.66. The van der Waals surface area contributed by atoms with Crippen LogP contribution in [0.5, 0.6) is 0 Å². The van der Waals surface area contributed by atoms with Crippen LogP contribution in [0.4, 0.5) is 5.69 Å². The van der Waals surface area contributed by atoms with Gasteiger partial charge in [0, 0.05) is 31.9 Å². The third kappa shape index (κ3) is 4.84. The van der Waals surface area contributed by atoms with Crippen molar-refractivity contribution in [2.24, 2.45) is 0 Å². The van der Waals surface area contributed by atoms with Gasteiger partial charge in [-0.1, -0.05) is 12.1 Å². The summed E-state index contributed by atoms with van der Waals surface area (Å²) in [5, 5.41) is 3.39. The number of nitrogens with zero attached hydrogens (tertiary/aromatic N) is 2. The quantitative estimate of drug-likeness (QED) is 0.790. The van der Waals surface area contributed by atoms with Crippen molar-refractivity contribution >= 4 is 5.69 Å². The summed E-state index contributed by atoms with van der Waals surface area (Å²) in [4.78, 5) is 4.72. The summed E-state index contributed by atoms with van der Waals surface area (Å²) in [6.45, 7) is 5.65. The van der Waals surface area contributed by atoms with Crippen LogP contribution >= 0.6 is 0 Å². The lowest BCUT2D eigenvalue weighted by molar-refractivity contribution is 0.394. The van der Waals surface area contributed by atoms with Crippen LogP contribution < -0.4 is 10.2 Å². The molecular formula is C16H27N3.